The summed E-state index contributed by atoms with van der Waals surface area (Å²) < 4.78 is 0. The minimum Gasteiger partial charge on any atom is -0.480 e. The number of amides is 1. The van der Waals surface area contributed by atoms with Crippen molar-refractivity contribution < 1.29 is 14.7 Å². The van der Waals surface area contributed by atoms with Crippen molar-refractivity contribution in [2.45, 2.75) is 6.92 Å². The molecule has 0 fully saturated rings. The van der Waals surface area contributed by atoms with Gasteiger partial charge in [0.2, 0.25) is 5.91 Å². The Morgan fingerprint density at radius 1 is 1.56 bits per heavy atom. The van der Waals surface area contributed by atoms with Crippen LogP contribution in [0.2, 0.25) is 0 Å². The molecule has 1 aromatic heterocycles. The van der Waals surface area contributed by atoms with Crippen molar-refractivity contribution in [3.8, 4) is 0 Å². The molecule has 1 heterocycles. The molecule has 1 N–H and O–H groups in total. The number of carboxylic acid groups (broad SMARTS) is 1. The minimum absolute atomic E-state index is 0.221. The van der Waals surface area contributed by atoms with E-state index in [9.17, 15) is 9.59 Å². The first kappa shape index (κ1) is 14.2. The molecule has 0 atom stereocenters. The summed E-state index contributed by atoms with van der Waals surface area (Å²) in [6.45, 7) is 5.36. The number of carbonyl (C=O) groups is 2. The highest BCUT2D eigenvalue weighted by atomic mass is 32.1. The van der Waals surface area contributed by atoms with E-state index >= 15 is 0 Å². The lowest BCUT2D eigenvalue weighted by Gasteiger charge is -2.16. The first-order valence-corrected chi connectivity index (χ1v) is 6.26. The summed E-state index contributed by atoms with van der Waals surface area (Å²) in [6, 6.07) is 1.97. The third-order valence-electron chi connectivity index (χ3n) is 2.27. The van der Waals surface area contributed by atoms with Crippen LogP contribution in [-0.4, -0.2) is 35.0 Å². The molecular weight excluding hydrogens is 250 g/mol. The highest BCUT2D eigenvalue weighted by molar-refractivity contribution is 7.11. The molecule has 0 saturated carbocycles. The van der Waals surface area contributed by atoms with Crippen molar-refractivity contribution in [1.29, 1.82) is 0 Å². The van der Waals surface area contributed by atoms with Crippen molar-refractivity contribution in [2.24, 2.45) is 0 Å². The van der Waals surface area contributed by atoms with Gasteiger partial charge in [-0.3, -0.25) is 9.59 Å². The van der Waals surface area contributed by atoms with Crippen molar-refractivity contribution >= 4 is 29.3 Å². The third kappa shape index (κ3) is 4.18. The highest BCUT2D eigenvalue weighted by Gasteiger charge is 2.12. The van der Waals surface area contributed by atoms with E-state index in [0.717, 1.165) is 10.4 Å². The second kappa shape index (κ2) is 6.76. The molecule has 1 rings (SSSR count). The monoisotopic (exact) mass is 265 g/mol. The molecule has 0 aliphatic carbocycles. The van der Waals surface area contributed by atoms with Gasteiger partial charge >= 0.3 is 5.97 Å². The molecule has 0 aromatic carbocycles. The summed E-state index contributed by atoms with van der Waals surface area (Å²) in [5.41, 5.74) is 1.09. The molecule has 0 spiro atoms. The molecule has 0 unspecified atom stereocenters. The Hall–Kier alpha value is -1.88. The van der Waals surface area contributed by atoms with Crippen LogP contribution in [0.3, 0.4) is 0 Å². The van der Waals surface area contributed by atoms with E-state index in [-0.39, 0.29) is 19.0 Å². The smallest absolute Gasteiger partial charge is 0.323 e. The van der Waals surface area contributed by atoms with Crippen LogP contribution in [0.4, 0.5) is 0 Å². The van der Waals surface area contributed by atoms with Crippen molar-refractivity contribution in [1.82, 2.24) is 4.90 Å². The van der Waals surface area contributed by atoms with E-state index in [1.165, 1.54) is 28.4 Å². The van der Waals surface area contributed by atoms with E-state index in [1.54, 1.807) is 6.08 Å². The number of nitrogens with zero attached hydrogens (tertiary/aromatic N) is 1. The van der Waals surface area contributed by atoms with Gasteiger partial charge < -0.3 is 10.0 Å². The first-order valence-electron chi connectivity index (χ1n) is 5.38. The van der Waals surface area contributed by atoms with Crippen molar-refractivity contribution in [3.05, 3.63) is 40.6 Å². The van der Waals surface area contributed by atoms with Gasteiger partial charge in [0.1, 0.15) is 6.54 Å². The van der Waals surface area contributed by atoms with Crippen LogP contribution in [0, 0.1) is 6.92 Å². The summed E-state index contributed by atoms with van der Waals surface area (Å²) >= 11 is 1.54. The molecular formula is C13H15NO3S. The summed E-state index contributed by atoms with van der Waals surface area (Å²) in [5, 5.41) is 10.6. The van der Waals surface area contributed by atoms with E-state index in [2.05, 4.69) is 6.58 Å². The van der Waals surface area contributed by atoms with E-state index in [1.807, 2.05) is 18.4 Å². The van der Waals surface area contributed by atoms with Crippen LogP contribution in [0.1, 0.15) is 10.4 Å². The Balaban J connectivity index is 2.72. The van der Waals surface area contributed by atoms with Crippen LogP contribution >= 0.6 is 11.3 Å². The van der Waals surface area contributed by atoms with Gasteiger partial charge in [0, 0.05) is 17.5 Å². The first-order chi connectivity index (χ1) is 8.54. The summed E-state index contributed by atoms with van der Waals surface area (Å²) in [7, 11) is 0. The van der Waals surface area contributed by atoms with Crippen LogP contribution in [0.15, 0.2) is 30.2 Å². The fraction of sp³-hybridized carbons (Fsp3) is 0.231. The maximum atomic E-state index is 11.8. The number of carboxylic acids is 1. The maximum absolute atomic E-state index is 11.8. The van der Waals surface area contributed by atoms with Crippen LogP contribution < -0.4 is 0 Å². The van der Waals surface area contributed by atoms with Gasteiger partial charge in [0.15, 0.2) is 0 Å². The van der Waals surface area contributed by atoms with Gasteiger partial charge in [0.05, 0.1) is 0 Å². The zero-order valence-corrected chi connectivity index (χ0v) is 10.9. The van der Waals surface area contributed by atoms with E-state index in [4.69, 9.17) is 5.11 Å². The largest absolute Gasteiger partial charge is 0.480 e. The van der Waals surface area contributed by atoms with Gasteiger partial charge in [-0.1, -0.05) is 6.08 Å². The Labute approximate surface area is 110 Å². The number of carbonyl (C=O) groups excluding carboxylic acids is 1. The van der Waals surface area contributed by atoms with E-state index < -0.39 is 5.97 Å². The Morgan fingerprint density at radius 2 is 2.28 bits per heavy atom. The third-order valence-corrected chi connectivity index (χ3v) is 3.25. The molecule has 5 heteroatoms. The molecule has 1 amide bonds. The number of thiophene rings is 1. The molecule has 0 saturated heterocycles. The maximum Gasteiger partial charge on any atom is 0.323 e. The fourth-order valence-electron chi connectivity index (χ4n) is 1.36. The number of hydrogen-bond acceptors (Lipinski definition) is 3. The Bertz CT molecular complexity index is 476. The van der Waals surface area contributed by atoms with Gasteiger partial charge in [-0.05, 0) is 30.0 Å². The lowest BCUT2D eigenvalue weighted by Crippen LogP contribution is -2.34. The average Bonchev–Trinajstić information content (AvgIpc) is 2.70. The standard InChI is InChI=1S/C13H15NO3S/c1-3-7-14(9-13(16)17)12(15)5-4-11-10(2)6-8-18-11/h3-6,8H,1,7,9H2,2H3,(H,16,17). The molecule has 0 radical (unpaired) electrons. The van der Waals surface area contributed by atoms with Crippen molar-refractivity contribution in [3.63, 3.8) is 0 Å². The highest BCUT2D eigenvalue weighted by Crippen LogP contribution is 2.17. The number of hydrogen-bond donors (Lipinski definition) is 1. The van der Waals surface area contributed by atoms with Crippen LogP contribution in [0.5, 0.6) is 0 Å². The zero-order chi connectivity index (χ0) is 13.5. The lowest BCUT2D eigenvalue weighted by atomic mass is 10.2. The molecule has 1 aromatic rings. The average molecular weight is 265 g/mol. The predicted molar refractivity (Wildman–Crippen MR) is 72.5 cm³/mol. The number of rotatable bonds is 6. The van der Waals surface area contributed by atoms with Crippen molar-refractivity contribution in [2.75, 3.05) is 13.1 Å². The second-order valence-corrected chi connectivity index (χ2v) is 4.65. The van der Waals surface area contributed by atoms with E-state index in [0.29, 0.717) is 0 Å². The molecule has 4 nitrogen and oxygen atoms in total. The number of aliphatic carboxylic acids is 1. The summed E-state index contributed by atoms with van der Waals surface area (Å²) in [6.07, 6.45) is 4.61. The summed E-state index contributed by atoms with van der Waals surface area (Å²) in [4.78, 5) is 24.6. The quantitative estimate of drug-likeness (QED) is 0.633. The normalized spacial score (nSPS) is 10.5. The molecule has 0 aliphatic heterocycles. The van der Waals surface area contributed by atoms with Gasteiger partial charge in [-0.2, -0.15) is 0 Å². The van der Waals surface area contributed by atoms with Gasteiger partial charge in [0.25, 0.3) is 0 Å². The van der Waals surface area contributed by atoms with Crippen LogP contribution in [0.25, 0.3) is 6.08 Å². The van der Waals surface area contributed by atoms with Gasteiger partial charge in [-0.25, -0.2) is 0 Å². The summed E-state index contributed by atoms with van der Waals surface area (Å²) in [5.74, 6) is -1.36. The predicted octanol–water partition coefficient (Wildman–Crippen LogP) is 2.17. The fourth-order valence-corrected chi connectivity index (χ4v) is 2.18. The second-order valence-electron chi connectivity index (χ2n) is 3.70. The molecule has 96 valence electrons. The minimum atomic E-state index is -1.04. The molecule has 0 bridgehead atoms. The topological polar surface area (TPSA) is 57.6 Å². The molecule has 18 heavy (non-hydrogen) atoms. The van der Waals surface area contributed by atoms with Gasteiger partial charge in [-0.15, -0.1) is 17.9 Å². The Morgan fingerprint density at radius 3 is 2.78 bits per heavy atom. The SMILES string of the molecule is C=CCN(CC(=O)O)C(=O)C=Cc1sccc1C. The van der Waals surface area contributed by atoms with Crippen LogP contribution in [-0.2, 0) is 9.59 Å². The molecule has 0 aliphatic rings. The Kier molecular flexibility index (Phi) is 5.32. The lowest BCUT2D eigenvalue weighted by molar-refractivity contribution is -0.142. The zero-order valence-electron chi connectivity index (χ0n) is 10.1. The number of aryl methyl sites for hydroxylation is 1.